The Labute approximate surface area is 174 Å². The molecule has 4 rings (SSSR count). The van der Waals surface area contributed by atoms with Crippen molar-refractivity contribution in [2.45, 2.75) is 6.54 Å². The van der Waals surface area contributed by atoms with Gasteiger partial charge < -0.3 is 19.1 Å². The summed E-state index contributed by atoms with van der Waals surface area (Å²) in [7, 11) is 1.34. The van der Waals surface area contributed by atoms with E-state index in [-0.39, 0.29) is 18.4 Å². The maximum absolute atomic E-state index is 12.9. The minimum atomic E-state index is -0.426. The molecule has 7 nitrogen and oxygen atoms in total. The third kappa shape index (κ3) is 3.78. The van der Waals surface area contributed by atoms with E-state index in [0.717, 1.165) is 10.9 Å². The van der Waals surface area contributed by atoms with Gasteiger partial charge in [0.1, 0.15) is 6.54 Å². The molecule has 3 aromatic rings. The average molecular weight is 405 g/mol. The first-order valence-corrected chi connectivity index (χ1v) is 9.87. The highest BCUT2D eigenvalue weighted by Crippen LogP contribution is 2.22. The monoisotopic (exact) mass is 405 g/mol. The summed E-state index contributed by atoms with van der Waals surface area (Å²) in [6.07, 6.45) is 1.67. The number of methoxy groups -OCH3 is 1. The van der Waals surface area contributed by atoms with Gasteiger partial charge in [0.05, 0.1) is 12.7 Å². The summed E-state index contributed by atoms with van der Waals surface area (Å²) in [4.78, 5) is 41.1. The van der Waals surface area contributed by atoms with Crippen LogP contribution < -0.4 is 0 Å². The number of fused-ring (bicyclic) bond motifs is 1. The highest BCUT2D eigenvalue weighted by molar-refractivity contribution is 6.04. The molecule has 0 radical (unpaired) electrons. The van der Waals surface area contributed by atoms with E-state index in [1.807, 2.05) is 42.5 Å². The maximum Gasteiger partial charge on any atom is 0.340 e. The molecule has 2 heterocycles. The first-order chi connectivity index (χ1) is 14.6. The molecule has 0 atom stereocenters. The Kier molecular flexibility index (Phi) is 5.52. The van der Waals surface area contributed by atoms with Crippen molar-refractivity contribution in [3.63, 3.8) is 0 Å². The van der Waals surface area contributed by atoms with Crippen molar-refractivity contribution < 1.29 is 19.1 Å². The summed E-state index contributed by atoms with van der Waals surface area (Å²) in [5.74, 6) is -0.480. The summed E-state index contributed by atoms with van der Waals surface area (Å²) >= 11 is 0. The lowest BCUT2D eigenvalue weighted by molar-refractivity contribution is -0.133. The third-order valence-corrected chi connectivity index (χ3v) is 5.44. The predicted molar refractivity (Wildman–Crippen MR) is 112 cm³/mol. The molecule has 1 saturated heterocycles. The number of esters is 1. The Balaban J connectivity index is 1.43. The summed E-state index contributed by atoms with van der Waals surface area (Å²) < 4.78 is 6.65. The summed E-state index contributed by atoms with van der Waals surface area (Å²) in [5, 5.41) is 0.760. The Morgan fingerprint density at radius 1 is 0.867 bits per heavy atom. The van der Waals surface area contributed by atoms with Gasteiger partial charge in [-0.1, -0.05) is 36.4 Å². The number of ether oxygens (including phenoxy) is 1. The van der Waals surface area contributed by atoms with Crippen molar-refractivity contribution in [2.24, 2.45) is 0 Å². The van der Waals surface area contributed by atoms with Crippen LogP contribution >= 0.6 is 0 Å². The van der Waals surface area contributed by atoms with Gasteiger partial charge in [-0.05, 0) is 18.2 Å². The number of hydrogen-bond acceptors (Lipinski definition) is 4. The van der Waals surface area contributed by atoms with Crippen LogP contribution in [0.1, 0.15) is 20.7 Å². The SMILES string of the molecule is COC(=O)c1cn(CC(=O)N2CCN(C(=O)c3ccccc3)CC2)c2ccccc12. The first-order valence-electron chi connectivity index (χ1n) is 9.87. The lowest BCUT2D eigenvalue weighted by Crippen LogP contribution is -2.51. The zero-order valence-corrected chi connectivity index (χ0v) is 16.8. The zero-order valence-electron chi connectivity index (χ0n) is 16.8. The number of para-hydroxylation sites is 1. The van der Waals surface area contributed by atoms with Crippen molar-refractivity contribution >= 4 is 28.7 Å². The van der Waals surface area contributed by atoms with E-state index in [2.05, 4.69) is 0 Å². The molecular weight excluding hydrogens is 382 g/mol. The quantitative estimate of drug-likeness (QED) is 0.625. The van der Waals surface area contributed by atoms with Crippen molar-refractivity contribution in [1.82, 2.24) is 14.4 Å². The smallest absolute Gasteiger partial charge is 0.340 e. The Morgan fingerprint density at radius 2 is 1.50 bits per heavy atom. The molecule has 1 fully saturated rings. The zero-order chi connectivity index (χ0) is 21.1. The van der Waals surface area contributed by atoms with Crippen LogP contribution in [0.2, 0.25) is 0 Å². The second-order valence-electron chi connectivity index (χ2n) is 7.22. The van der Waals surface area contributed by atoms with Gasteiger partial charge in [0.15, 0.2) is 0 Å². The van der Waals surface area contributed by atoms with Crippen molar-refractivity contribution in [2.75, 3.05) is 33.3 Å². The largest absolute Gasteiger partial charge is 0.465 e. The number of benzene rings is 2. The lowest BCUT2D eigenvalue weighted by Gasteiger charge is -2.35. The minimum Gasteiger partial charge on any atom is -0.465 e. The van der Waals surface area contributed by atoms with E-state index in [1.165, 1.54) is 7.11 Å². The number of hydrogen-bond donors (Lipinski definition) is 0. The van der Waals surface area contributed by atoms with Gasteiger partial charge in [0, 0.05) is 48.8 Å². The highest BCUT2D eigenvalue weighted by atomic mass is 16.5. The van der Waals surface area contributed by atoms with Crippen molar-refractivity contribution in [3.05, 3.63) is 71.9 Å². The topological polar surface area (TPSA) is 71.8 Å². The third-order valence-electron chi connectivity index (χ3n) is 5.44. The average Bonchev–Trinajstić information content (AvgIpc) is 3.17. The van der Waals surface area contributed by atoms with Crippen LogP contribution in [0.15, 0.2) is 60.8 Å². The fourth-order valence-corrected chi connectivity index (χ4v) is 3.82. The molecule has 0 saturated carbocycles. The molecule has 2 aromatic carbocycles. The van der Waals surface area contributed by atoms with Crippen LogP contribution in [-0.2, 0) is 16.1 Å². The van der Waals surface area contributed by atoms with E-state index < -0.39 is 5.97 Å². The second-order valence-corrected chi connectivity index (χ2v) is 7.22. The molecule has 2 amide bonds. The Morgan fingerprint density at radius 3 is 2.20 bits per heavy atom. The van der Waals surface area contributed by atoms with Gasteiger partial charge >= 0.3 is 5.97 Å². The summed E-state index contributed by atoms with van der Waals surface area (Å²) in [6, 6.07) is 16.6. The van der Waals surface area contributed by atoms with Crippen molar-refractivity contribution in [1.29, 1.82) is 0 Å². The van der Waals surface area contributed by atoms with E-state index in [0.29, 0.717) is 37.3 Å². The van der Waals surface area contributed by atoms with Crippen LogP contribution in [-0.4, -0.2) is 65.4 Å². The predicted octanol–water partition coefficient (Wildman–Crippen LogP) is 2.41. The van der Waals surface area contributed by atoms with E-state index in [9.17, 15) is 14.4 Å². The fourth-order valence-electron chi connectivity index (χ4n) is 3.82. The molecular formula is C23H23N3O4. The number of rotatable bonds is 4. The number of piperazine rings is 1. The molecule has 0 spiro atoms. The second kappa shape index (κ2) is 8.41. The normalized spacial score (nSPS) is 14.0. The van der Waals surface area contributed by atoms with Crippen molar-refractivity contribution in [3.8, 4) is 0 Å². The standard InChI is InChI=1S/C23H23N3O4/c1-30-23(29)19-15-26(20-10-6-5-9-18(19)20)16-21(27)24-11-13-25(14-12-24)22(28)17-7-3-2-4-8-17/h2-10,15H,11-14,16H2,1H3. The molecule has 154 valence electrons. The Hall–Kier alpha value is -3.61. The van der Waals surface area contributed by atoms with Crippen LogP contribution in [0.3, 0.4) is 0 Å². The van der Waals surface area contributed by atoms with Gasteiger partial charge in [-0.3, -0.25) is 9.59 Å². The highest BCUT2D eigenvalue weighted by Gasteiger charge is 2.25. The van der Waals surface area contributed by atoms with Gasteiger partial charge in [-0.25, -0.2) is 4.79 Å². The van der Waals surface area contributed by atoms with Gasteiger partial charge in [-0.15, -0.1) is 0 Å². The number of nitrogens with zero attached hydrogens (tertiary/aromatic N) is 3. The number of aromatic nitrogens is 1. The molecule has 30 heavy (non-hydrogen) atoms. The van der Waals surface area contributed by atoms with Gasteiger partial charge in [-0.2, -0.15) is 0 Å². The molecule has 0 bridgehead atoms. The van der Waals surface area contributed by atoms with Crippen LogP contribution in [0.5, 0.6) is 0 Å². The summed E-state index contributed by atoms with van der Waals surface area (Å²) in [6.45, 7) is 2.10. The molecule has 1 aromatic heterocycles. The molecule has 1 aliphatic rings. The molecule has 0 unspecified atom stereocenters. The Bertz CT molecular complexity index is 1080. The summed E-state index contributed by atoms with van der Waals surface area (Å²) in [5.41, 5.74) is 1.91. The van der Waals surface area contributed by atoms with Crippen LogP contribution in [0.4, 0.5) is 0 Å². The molecule has 0 aliphatic carbocycles. The molecule has 7 heteroatoms. The maximum atomic E-state index is 12.9. The van der Waals surface area contributed by atoms with E-state index in [1.54, 1.807) is 32.7 Å². The number of carbonyl (C=O) groups is 3. The molecule has 0 N–H and O–H groups in total. The number of amides is 2. The minimum absolute atomic E-state index is 0.0122. The van der Waals surface area contributed by atoms with Crippen LogP contribution in [0, 0.1) is 0 Å². The fraction of sp³-hybridized carbons (Fsp3) is 0.261. The van der Waals surface area contributed by atoms with E-state index >= 15 is 0 Å². The first kappa shape index (κ1) is 19.7. The lowest BCUT2D eigenvalue weighted by atomic mass is 10.2. The van der Waals surface area contributed by atoms with Gasteiger partial charge in [0.25, 0.3) is 5.91 Å². The van der Waals surface area contributed by atoms with Gasteiger partial charge in [0.2, 0.25) is 5.91 Å². The van der Waals surface area contributed by atoms with Crippen LogP contribution in [0.25, 0.3) is 10.9 Å². The molecule has 1 aliphatic heterocycles. The number of carbonyl (C=O) groups excluding carboxylic acids is 3. The van der Waals surface area contributed by atoms with E-state index in [4.69, 9.17) is 4.74 Å².